The molecule has 0 radical (unpaired) electrons. The largest absolute Gasteiger partial charge is 0.330 e. The Morgan fingerprint density at radius 3 is 2.58 bits per heavy atom. The summed E-state index contributed by atoms with van der Waals surface area (Å²) in [6.07, 6.45) is 2.03. The molecule has 0 aliphatic rings. The van der Waals surface area contributed by atoms with E-state index in [4.69, 9.17) is 10.8 Å². The van der Waals surface area contributed by atoms with Gasteiger partial charge in [0.25, 0.3) is 0 Å². The van der Waals surface area contributed by atoms with Crippen molar-refractivity contribution in [3.05, 3.63) is 46.3 Å². The SMILES string of the molecule is Cc1ccc(C)c(-n2nc(C)c(CCCN)c2C)c1. The van der Waals surface area contributed by atoms with E-state index in [1.807, 2.05) is 0 Å². The Kier molecular flexibility index (Phi) is 4.05. The van der Waals surface area contributed by atoms with Gasteiger partial charge in [-0.25, -0.2) is 4.68 Å². The number of hydrogen-bond acceptors (Lipinski definition) is 2. The molecular weight excluding hydrogens is 234 g/mol. The van der Waals surface area contributed by atoms with Gasteiger partial charge in [0, 0.05) is 5.69 Å². The summed E-state index contributed by atoms with van der Waals surface area (Å²) in [5.41, 5.74) is 13.0. The molecule has 102 valence electrons. The summed E-state index contributed by atoms with van der Waals surface area (Å²) in [5.74, 6) is 0. The van der Waals surface area contributed by atoms with Gasteiger partial charge < -0.3 is 5.73 Å². The minimum atomic E-state index is 0.730. The number of benzene rings is 1. The molecule has 2 N–H and O–H groups in total. The van der Waals surface area contributed by atoms with Crippen LogP contribution in [0.15, 0.2) is 18.2 Å². The van der Waals surface area contributed by atoms with E-state index in [2.05, 4.69) is 50.6 Å². The van der Waals surface area contributed by atoms with Crippen LogP contribution < -0.4 is 5.73 Å². The van der Waals surface area contributed by atoms with Crippen LogP contribution in [0.25, 0.3) is 5.69 Å². The molecule has 2 aromatic rings. The quantitative estimate of drug-likeness (QED) is 0.915. The van der Waals surface area contributed by atoms with Gasteiger partial charge in [0.1, 0.15) is 0 Å². The second-order valence-electron chi connectivity index (χ2n) is 5.24. The molecule has 0 unspecified atom stereocenters. The highest BCUT2D eigenvalue weighted by Gasteiger charge is 2.13. The molecule has 19 heavy (non-hydrogen) atoms. The first kappa shape index (κ1) is 13.8. The molecule has 3 heteroatoms. The summed E-state index contributed by atoms with van der Waals surface area (Å²) in [5, 5.41) is 4.71. The van der Waals surface area contributed by atoms with Gasteiger partial charge in [0.15, 0.2) is 0 Å². The average molecular weight is 257 g/mol. The van der Waals surface area contributed by atoms with Crippen LogP contribution in [0.2, 0.25) is 0 Å². The van der Waals surface area contributed by atoms with Crippen LogP contribution in [0.4, 0.5) is 0 Å². The summed E-state index contributed by atoms with van der Waals surface area (Å²) in [6.45, 7) is 9.20. The third-order valence-electron chi connectivity index (χ3n) is 3.66. The Labute approximate surface area is 115 Å². The molecule has 0 spiro atoms. The van der Waals surface area contributed by atoms with Crippen molar-refractivity contribution in [2.45, 2.75) is 40.5 Å². The number of aryl methyl sites for hydroxylation is 3. The van der Waals surface area contributed by atoms with Gasteiger partial charge in [-0.05, 0) is 69.8 Å². The zero-order chi connectivity index (χ0) is 14.0. The third-order valence-corrected chi connectivity index (χ3v) is 3.66. The molecular formula is C16H23N3. The van der Waals surface area contributed by atoms with Crippen molar-refractivity contribution in [2.75, 3.05) is 6.54 Å². The van der Waals surface area contributed by atoms with Gasteiger partial charge in [0.2, 0.25) is 0 Å². The lowest BCUT2D eigenvalue weighted by Gasteiger charge is -2.10. The molecule has 0 saturated carbocycles. The van der Waals surface area contributed by atoms with Gasteiger partial charge in [-0.3, -0.25) is 0 Å². The van der Waals surface area contributed by atoms with E-state index in [1.54, 1.807) is 0 Å². The molecule has 0 atom stereocenters. The Morgan fingerprint density at radius 2 is 1.89 bits per heavy atom. The Hall–Kier alpha value is -1.61. The van der Waals surface area contributed by atoms with Gasteiger partial charge >= 0.3 is 0 Å². The average Bonchev–Trinajstić information content (AvgIpc) is 2.66. The summed E-state index contributed by atoms with van der Waals surface area (Å²) in [4.78, 5) is 0. The number of nitrogens with two attached hydrogens (primary N) is 1. The normalized spacial score (nSPS) is 11.0. The molecule has 0 aliphatic heterocycles. The fourth-order valence-corrected chi connectivity index (χ4v) is 2.50. The maximum atomic E-state index is 5.61. The number of aromatic nitrogens is 2. The van der Waals surface area contributed by atoms with E-state index in [0.717, 1.165) is 25.1 Å². The van der Waals surface area contributed by atoms with Crippen molar-refractivity contribution >= 4 is 0 Å². The zero-order valence-electron chi connectivity index (χ0n) is 12.3. The maximum absolute atomic E-state index is 5.61. The van der Waals surface area contributed by atoms with Crippen molar-refractivity contribution in [2.24, 2.45) is 5.73 Å². The molecule has 1 aromatic carbocycles. The first-order valence-electron chi connectivity index (χ1n) is 6.87. The van der Waals surface area contributed by atoms with E-state index in [0.29, 0.717) is 0 Å². The molecule has 0 amide bonds. The van der Waals surface area contributed by atoms with Gasteiger partial charge in [0.05, 0.1) is 11.4 Å². The summed E-state index contributed by atoms with van der Waals surface area (Å²) < 4.78 is 2.07. The second-order valence-corrected chi connectivity index (χ2v) is 5.24. The molecule has 1 heterocycles. The monoisotopic (exact) mass is 257 g/mol. The standard InChI is InChI=1S/C16H23N3/c1-11-7-8-12(2)16(10-11)19-14(4)15(6-5-9-17)13(3)18-19/h7-8,10H,5-6,9,17H2,1-4H3. The molecule has 0 bridgehead atoms. The lowest BCUT2D eigenvalue weighted by molar-refractivity contribution is 0.812. The minimum Gasteiger partial charge on any atom is -0.330 e. The van der Waals surface area contributed by atoms with Crippen LogP contribution in [0, 0.1) is 27.7 Å². The first-order chi connectivity index (χ1) is 9.04. The van der Waals surface area contributed by atoms with E-state index >= 15 is 0 Å². The van der Waals surface area contributed by atoms with Crippen molar-refractivity contribution in [1.82, 2.24) is 9.78 Å². The molecule has 3 nitrogen and oxygen atoms in total. The zero-order valence-corrected chi connectivity index (χ0v) is 12.3. The summed E-state index contributed by atoms with van der Waals surface area (Å²) in [7, 11) is 0. The highest BCUT2D eigenvalue weighted by Crippen LogP contribution is 2.22. The van der Waals surface area contributed by atoms with Gasteiger partial charge in [-0.2, -0.15) is 5.10 Å². The Morgan fingerprint density at radius 1 is 1.16 bits per heavy atom. The van der Waals surface area contributed by atoms with Crippen LogP contribution in [-0.4, -0.2) is 16.3 Å². The van der Waals surface area contributed by atoms with Crippen LogP contribution in [0.1, 0.15) is 34.5 Å². The second kappa shape index (κ2) is 5.57. The predicted octanol–water partition coefficient (Wildman–Crippen LogP) is 3.00. The predicted molar refractivity (Wildman–Crippen MR) is 79.9 cm³/mol. The number of rotatable bonds is 4. The van der Waals surface area contributed by atoms with E-state index in [1.165, 1.54) is 28.1 Å². The van der Waals surface area contributed by atoms with E-state index in [9.17, 15) is 0 Å². The summed E-state index contributed by atoms with van der Waals surface area (Å²) >= 11 is 0. The Balaban J connectivity index is 2.48. The highest BCUT2D eigenvalue weighted by atomic mass is 15.3. The fraction of sp³-hybridized carbons (Fsp3) is 0.438. The van der Waals surface area contributed by atoms with Gasteiger partial charge in [-0.15, -0.1) is 0 Å². The molecule has 2 rings (SSSR count). The molecule has 0 saturated heterocycles. The molecule has 0 fully saturated rings. The van der Waals surface area contributed by atoms with Gasteiger partial charge in [-0.1, -0.05) is 12.1 Å². The van der Waals surface area contributed by atoms with E-state index < -0.39 is 0 Å². The third kappa shape index (κ3) is 2.71. The van der Waals surface area contributed by atoms with Crippen LogP contribution in [-0.2, 0) is 6.42 Å². The van der Waals surface area contributed by atoms with Crippen LogP contribution in [0.5, 0.6) is 0 Å². The highest BCUT2D eigenvalue weighted by molar-refractivity contribution is 5.45. The van der Waals surface area contributed by atoms with Crippen LogP contribution in [0.3, 0.4) is 0 Å². The van der Waals surface area contributed by atoms with Crippen molar-refractivity contribution in [3.63, 3.8) is 0 Å². The fourth-order valence-electron chi connectivity index (χ4n) is 2.50. The topological polar surface area (TPSA) is 43.8 Å². The van der Waals surface area contributed by atoms with Crippen molar-refractivity contribution in [3.8, 4) is 5.69 Å². The minimum absolute atomic E-state index is 0.730. The number of nitrogens with zero attached hydrogens (tertiary/aromatic N) is 2. The lowest BCUT2D eigenvalue weighted by Crippen LogP contribution is -2.04. The molecule has 0 aliphatic carbocycles. The van der Waals surface area contributed by atoms with Crippen LogP contribution >= 0.6 is 0 Å². The van der Waals surface area contributed by atoms with Crippen molar-refractivity contribution in [1.29, 1.82) is 0 Å². The maximum Gasteiger partial charge on any atom is 0.0680 e. The summed E-state index contributed by atoms with van der Waals surface area (Å²) in [6, 6.07) is 6.49. The van der Waals surface area contributed by atoms with E-state index in [-0.39, 0.29) is 0 Å². The van der Waals surface area contributed by atoms with Crippen molar-refractivity contribution < 1.29 is 0 Å². The smallest absolute Gasteiger partial charge is 0.0680 e. The lowest BCUT2D eigenvalue weighted by atomic mass is 10.1. The molecule has 1 aromatic heterocycles. The number of hydrogen-bond donors (Lipinski definition) is 1. The Bertz CT molecular complexity index is 582. The first-order valence-corrected chi connectivity index (χ1v) is 6.87.